The number of hydrogen-bond acceptors (Lipinski definition) is 4. The molecule has 1 aliphatic heterocycles. The number of aryl methyl sites for hydroxylation is 2. The van der Waals surface area contributed by atoms with Crippen LogP contribution in [-0.4, -0.2) is 46.4 Å². The fourth-order valence-corrected chi connectivity index (χ4v) is 4.64. The van der Waals surface area contributed by atoms with E-state index in [0.29, 0.717) is 0 Å². The lowest BCUT2D eigenvalue weighted by Gasteiger charge is -2.38. The molecule has 0 aliphatic carbocycles. The summed E-state index contributed by atoms with van der Waals surface area (Å²) in [6.07, 6.45) is 0. The van der Waals surface area contributed by atoms with Crippen LogP contribution in [0.5, 0.6) is 0 Å². The second-order valence-electron chi connectivity index (χ2n) is 8.47. The zero-order chi connectivity index (χ0) is 21.3. The van der Waals surface area contributed by atoms with Gasteiger partial charge >= 0.3 is 0 Å². The van der Waals surface area contributed by atoms with Gasteiger partial charge in [0.15, 0.2) is 6.04 Å². The van der Waals surface area contributed by atoms with E-state index in [-0.39, 0.29) is 12.1 Å². The van der Waals surface area contributed by atoms with Gasteiger partial charge in [-0.05, 0) is 61.4 Å². The second-order valence-corrected chi connectivity index (χ2v) is 8.87. The quantitative estimate of drug-likeness (QED) is 0.682. The number of aromatic nitrogens is 4. The van der Waals surface area contributed by atoms with Crippen molar-refractivity contribution in [2.24, 2.45) is 0 Å². The minimum Gasteiger partial charge on any atom is -0.360 e. The topological polar surface area (TPSA) is 51.3 Å². The predicted octanol–water partition coefficient (Wildman–Crippen LogP) is 3.02. The summed E-state index contributed by atoms with van der Waals surface area (Å²) in [7, 11) is 0. The third kappa shape index (κ3) is 4.07. The molecule has 30 heavy (non-hydrogen) atoms. The van der Waals surface area contributed by atoms with Crippen LogP contribution in [-0.2, 0) is 0 Å². The molecule has 0 saturated carbocycles. The molecule has 6 nitrogen and oxygen atoms in total. The fraction of sp³-hybridized carbons (Fsp3) is 0.435. The van der Waals surface area contributed by atoms with Gasteiger partial charge in [0.1, 0.15) is 0 Å². The van der Waals surface area contributed by atoms with Crippen molar-refractivity contribution in [3.8, 4) is 0 Å². The van der Waals surface area contributed by atoms with Crippen molar-refractivity contribution in [3.05, 3.63) is 70.0 Å². The molecule has 1 fully saturated rings. The molecule has 0 amide bonds. The standard InChI is InChI=1S/C23H29ClN6/c1-16(2)30-23(25-26-27-30)22(19-7-5-6-8-20(19)24)29-13-11-28(12-14-29)21-15-17(3)9-10-18(21)4/h5-10,15-16,22H,11-14H2,1-4H3/p+1/t22-/m1/s1. The van der Waals surface area contributed by atoms with E-state index >= 15 is 0 Å². The highest BCUT2D eigenvalue weighted by Gasteiger charge is 2.36. The molecule has 7 heteroatoms. The smallest absolute Gasteiger partial charge is 0.214 e. The molecule has 2 heterocycles. The van der Waals surface area contributed by atoms with Gasteiger partial charge in [-0.2, -0.15) is 0 Å². The molecule has 0 bridgehead atoms. The maximum atomic E-state index is 6.65. The van der Waals surface area contributed by atoms with Crippen molar-refractivity contribution >= 4 is 17.3 Å². The molecule has 0 unspecified atom stereocenters. The molecule has 1 aliphatic rings. The Labute approximate surface area is 183 Å². The van der Waals surface area contributed by atoms with Gasteiger partial charge in [-0.3, -0.25) is 0 Å². The van der Waals surface area contributed by atoms with Gasteiger partial charge in [-0.25, -0.2) is 4.68 Å². The van der Waals surface area contributed by atoms with Crippen LogP contribution in [0.25, 0.3) is 0 Å². The Morgan fingerprint density at radius 3 is 2.47 bits per heavy atom. The van der Waals surface area contributed by atoms with Crippen LogP contribution >= 0.6 is 11.6 Å². The van der Waals surface area contributed by atoms with Crippen molar-refractivity contribution in [1.29, 1.82) is 0 Å². The minimum atomic E-state index is 0.0110. The number of tetrazole rings is 1. The summed E-state index contributed by atoms with van der Waals surface area (Å²) < 4.78 is 1.93. The number of nitrogens with one attached hydrogen (secondary N) is 1. The molecule has 1 N–H and O–H groups in total. The van der Waals surface area contributed by atoms with Crippen molar-refractivity contribution < 1.29 is 4.90 Å². The molecule has 0 radical (unpaired) electrons. The first-order chi connectivity index (χ1) is 14.5. The van der Waals surface area contributed by atoms with Crippen molar-refractivity contribution in [3.63, 3.8) is 0 Å². The van der Waals surface area contributed by atoms with Gasteiger partial charge in [0.25, 0.3) is 0 Å². The van der Waals surface area contributed by atoms with E-state index < -0.39 is 0 Å². The first-order valence-electron chi connectivity index (χ1n) is 10.6. The Hall–Kier alpha value is -2.44. The fourth-order valence-electron chi connectivity index (χ4n) is 4.39. The monoisotopic (exact) mass is 425 g/mol. The van der Waals surface area contributed by atoms with Gasteiger partial charge in [0.2, 0.25) is 5.82 Å². The highest BCUT2D eigenvalue weighted by atomic mass is 35.5. The van der Waals surface area contributed by atoms with E-state index in [1.807, 2.05) is 22.9 Å². The first-order valence-corrected chi connectivity index (χ1v) is 11.0. The van der Waals surface area contributed by atoms with Crippen LogP contribution in [0, 0.1) is 13.8 Å². The molecule has 2 aromatic carbocycles. The number of halogens is 1. The zero-order valence-corrected chi connectivity index (χ0v) is 18.9. The average Bonchev–Trinajstić information content (AvgIpc) is 3.22. The predicted molar refractivity (Wildman–Crippen MR) is 120 cm³/mol. The summed E-state index contributed by atoms with van der Waals surface area (Å²) in [4.78, 5) is 3.95. The summed E-state index contributed by atoms with van der Waals surface area (Å²) >= 11 is 6.65. The molecule has 158 valence electrons. The van der Waals surface area contributed by atoms with Crippen LogP contribution < -0.4 is 9.80 Å². The third-order valence-electron chi connectivity index (χ3n) is 6.00. The van der Waals surface area contributed by atoms with Crippen molar-refractivity contribution in [2.45, 2.75) is 39.8 Å². The Kier molecular flexibility index (Phi) is 6.06. The largest absolute Gasteiger partial charge is 0.360 e. The van der Waals surface area contributed by atoms with Gasteiger partial charge in [0.05, 0.1) is 37.2 Å². The van der Waals surface area contributed by atoms with E-state index in [1.54, 1.807) is 0 Å². The highest BCUT2D eigenvalue weighted by molar-refractivity contribution is 6.31. The maximum Gasteiger partial charge on any atom is 0.214 e. The van der Waals surface area contributed by atoms with Crippen molar-refractivity contribution in [1.82, 2.24) is 20.2 Å². The molecule has 0 spiro atoms. The molecular formula is C23H30ClN6+. The van der Waals surface area contributed by atoms with E-state index in [1.165, 1.54) is 21.7 Å². The lowest BCUT2D eigenvalue weighted by atomic mass is 10.0. The lowest BCUT2D eigenvalue weighted by molar-refractivity contribution is -0.927. The molecule has 1 saturated heterocycles. The number of rotatable bonds is 5. The first kappa shape index (κ1) is 20.8. The summed E-state index contributed by atoms with van der Waals surface area (Å²) in [5, 5.41) is 13.5. The van der Waals surface area contributed by atoms with E-state index in [4.69, 9.17) is 11.6 Å². The Morgan fingerprint density at radius 2 is 1.77 bits per heavy atom. The van der Waals surface area contributed by atoms with Crippen LogP contribution in [0.3, 0.4) is 0 Å². The Morgan fingerprint density at radius 1 is 1.03 bits per heavy atom. The van der Waals surface area contributed by atoms with Crippen LogP contribution in [0.15, 0.2) is 42.5 Å². The van der Waals surface area contributed by atoms with E-state index in [2.05, 4.69) is 72.4 Å². The number of benzene rings is 2. The Bertz CT molecular complexity index is 1010. The summed E-state index contributed by atoms with van der Waals surface area (Å²) in [6.45, 7) is 12.5. The average molecular weight is 426 g/mol. The van der Waals surface area contributed by atoms with Crippen LogP contribution in [0.4, 0.5) is 5.69 Å². The third-order valence-corrected chi connectivity index (χ3v) is 6.35. The van der Waals surface area contributed by atoms with Crippen LogP contribution in [0.1, 0.15) is 48.4 Å². The summed E-state index contributed by atoms with van der Waals surface area (Å²) in [5.41, 5.74) is 5.06. The second kappa shape index (κ2) is 8.74. The molecule has 4 rings (SSSR count). The molecule has 1 atom stereocenters. The van der Waals surface area contributed by atoms with Crippen molar-refractivity contribution in [2.75, 3.05) is 31.1 Å². The van der Waals surface area contributed by atoms with E-state index in [9.17, 15) is 0 Å². The van der Waals surface area contributed by atoms with Gasteiger partial charge in [-0.15, -0.1) is 5.10 Å². The van der Waals surface area contributed by atoms with Gasteiger partial charge < -0.3 is 9.80 Å². The number of nitrogens with zero attached hydrogens (tertiary/aromatic N) is 5. The van der Waals surface area contributed by atoms with Gasteiger partial charge in [0, 0.05) is 11.3 Å². The normalized spacial score (nSPS) is 16.3. The molecular weight excluding hydrogens is 396 g/mol. The summed E-state index contributed by atoms with van der Waals surface area (Å²) in [6, 6.07) is 15.0. The zero-order valence-electron chi connectivity index (χ0n) is 18.1. The van der Waals surface area contributed by atoms with Gasteiger partial charge in [-0.1, -0.05) is 41.9 Å². The van der Waals surface area contributed by atoms with Crippen LogP contribution in [0.2, 0.25) is 5.02 Å². The number of piperazine rings is 1. The number of quaternary nitrogens is 1. The molecule has 3 aromatic rings. The molecule has 1 aromatic heterocycles. The Balaban J connectivity index is 1.64. The summed E-state index contributed by atoms with van der Waals surface area (Å²) in [5.74, 6) is 0.883. The lowest BCUT2D eigenvalue weighted by Crippen LogP contribution is -3.15. The highest BCUT2D eigenvalue weighted by Crippen LogP contribution is 2.27. The van der Waals surface area contributed by atoms with E-state index in [0.717, 1.165) is 42.6 Å². The SMILES string of the molecule is Cc1ccc(C)c(N2CC[NH+]([C@H](c3ccccc3Cl)c3nnnn3C(C)C)CC2)c1. The maximum absolute atomic E-state index is 6.65. The number of anilines is 1. The minimum absolute atomic E-state index is 0.0110. The number of hydrogen-bond donors (Lipinski definition) is 1.